The first-order valence-corrected chi connectivity index (χ1v) is 5.58. The van der Waals surface area contributed by atoms with Crippen molar-refractivity contribution in [3.05, 3.63) is 17.7 Å². The van der Waals surface area contributed by atoms with Crippen LogP contribution in [0.4, 0.5) is 0 Å². The predicted molar refractivity (Wildman–Crippen MR) is 67.9 cm³/mol. The average molecular weight is 234 g/mol. The molecule has 0 N–H and O–H groups in total. The number of ether oxygens (including phenoxy) is 3. The highest BCUT2D eigenvalue weighted by atomic mass is 16.5. The molecule has 0 amide bonds. The van der Waals surface area contributed by atoms with Crippen molar-refractivity contribution in [3.8, 4) is 29.6 Å². The van der Waals surface area contributed by atoms with Crippen LogP contribution in [0.1, 0.15) is 18.9 Å². The highest BCUT2D eigenvalue weighted by Gasteiger charge is 2.11. The first kappa shape index (κ1) is 13.2. The zero-order valence-corrected chi connectivity index (χ0v) is 10.6. The largest absolute Gasteiger partial charge is 0.493 e. The molecular weight excluding hydrogens is 216 g/mol. The number of hydrogen-bond donors (Lipinski definition) is 0. The second kappa shape index (κ2) is 6.70. The molecule has 0 aliphatic heterocycles. The summed E-state index contributed by atoms with van der Waals surface area (Å²) < 4.78 is 16.0. The Balaban J connectivity index is 3.10. The topological polar surface area (TPSA) is 27.7 Å². The standard InChI is InChI=1S/C14H18O3/c1-5-7-11-9-13(15-3)14(16-4)10-12(11)17-8-6-2/h2,9-10H,5,7-8H2,1,3-4H3. The lowest BCUT2D eigenvalue weighted by atomic mass is 10.1. The van der Waals surface area contributed by atoms with Gasteiger partial charge in [0.15, 0.2) is 11.5 Å². The number of hydrogen-bond acceptors (Lipinski definition) is 3. The van der Waals surface area contributed by atoms with Gasteiger partial charge in [0, 0.05) is 6.07 Å². The first-order valence-electron chi connectivity index (χ1n) is 5.58. The van der Waals surface area contributed by atoms with E-state index >= 15 is 0 Å². The van der Waals surface area contributed by atoms with Crippen LogP contribution in [0.25, 0.3) is 0 Å². The zero-order chi connectivity index (χ0) is 12.7. The molecule has 3 heteroatoms. The second-order valence-corrected chi connectivity index (χ2v) is 3.56. The minimum absolute atomic E-state index is 0.256. The van der Waals surface area contributed by atoms with Gasteiger partial charge >= 0.3 is 0 Å². The molecule has 92 valence electrons. The fourth-order valence-electron chi connectivity index (χ4n) is 1.62. The Kier molecular flexibility index (Phi) is 5.22. The molecule has 0 fully saturated rings. The number of terminal acetylenes is 1. The SMILES string of the molecule is C#CCOc1cc(OC)c(OC)cc1CCC. The van der Waals surface area contributed by atoms with Crippen LogP contribution >= 0.6 is 0 Å². The Bertz CT molecular complexity index is 405. The van der Waals surface area contributed by atoms with Crippen LogP contribution in [0.15, 0.2) is 12.1 Å². The molecule has 0 aliphatic carbocycles. The van der Waals surface area contributed by atoms with Crippen LogP contribution in [0.3, 0.4) is 0 Å². The van der Waals surface area contributed by atoms with Crippen LogP contribution in [0, 0.1) is 12.3 Å². The molecule has 0 unspecified atom stereocenters. The molecule has 3 nitrogen and oxygen atoms in total. The van der Waals surface area contributed by atoms with Crippen molar-refractivity contribution in [2.75, 3.05) is 20.8 Å². The van der Waals surface area contributed by atoms with E-state index in [2.05, 4.69) is 12.8 Å². The minimum Gasteiger partial charge on any atom is -0.493 e. The van der Waals surface area contributed by atoms with E-state index in [0.29, 0.717) is 11.5 Å². The molecule has 0 aliphatic rings. The van der Waals surface area contributed by atoms with Gasteiger partial charge in [-0.1, -0.05) is 19.3 Å². The molecular formula is C14H18O3. The van der Waals surface area contributed by atoms with E-state index < -0.39 is 0 Å². The third kappa shape index (κ3) is 3.32. The molecule has 1 aromatic rings. The molecule has 17 heavy (non-hydrogen) atoms. The first-order chi connectivity index (χ1) is 8.26. The monoisotopic (exact) mass is 234 g/mol. The Hall–Kier alpha value is -1.82. The normalized spacial score (nSPS) is 9.53. The van der Waals surface area contributed by atoms with Crippen molar-refractivity contribution in [2.24, 2.45) is 0 Å². The third-order valence-corrected chi connectivity index (χ3v) is 2.40. The van der Waals surface area contributed by atoms with Gasteiger partial charge in [-0.3, -0.25) is 0 Å². The number of methoxy groups -OCH3 is 2. The summed E-state index contributed by atoms with van der Waals surface area (Å²) in [6.07, 6.45) is 7.14. The lowest BCUT2D eigenvalue weighted by Gasteiger charge is -2.14. The second-order valence-electron chi connectivity index (χ2n) is 3.56. The highest BCUT2D eigenvalue weighted by molar-refractivity contribution is 5.50. The van der Waals surface area contributed by atoms with E-state index in [1.807, 2.05) is 12.1 Å². The molecule has 1 rings (SSSR count). The van der Waals surface area contributed by atoms with Crippen LogP contribution in [0.2, 0.25) is 0 Å². The Labute approximate surface area is 103 Å². The van der Waals surface area contributed by atoms with Gasteiger partial charge in [0.2, 0.25) is 0 Å². The van der Waals surface area contributed by atoms with E-state index in [1.54, 1.807) is 14.2 Å². The third-order valence-electron chi connectivity index (χ3n) is 2.40. The lowest BCUT2D eigenvalue weighted by molar-refractivity contribution is 0.339. The van der Waals surface area contributed by atoms with Gasteiger partial charge in [0.25, 0.3) is 0 Å². The molecule has 0 spiro atoms. The molecule has 0 heterocycles. The van der Waals surface area contributed by atoms with E-state index in [9.17, 15) is 0 Å². The molecule has 0 radical (unpaired) electrons. The summed E-state index contributed by atoms with van der Waals surface area (Å²) in [6.45, 7) is 2.37. The van der Waals surface area contributed by atoms with E-state index in [1.165, 1.54) is 0 Å². The summed E-state index contributed by atoms with van der Waals surface area (Å²) in [5.74, 6) is 4.59. The Morgan fingerprint density at radius 2 is 1.76 bits per heavy atom. The maximum atomic E-state index is 5.51. The fraction of sp³-hybridized carbons (Fsp3) is 0.429. The molecule has 1 aromatic carbocycles. The fourth-order valence-corrected chi connectivity index (χ4v) is 1.62. The lowest BCUT2D eigenvalue weighted by Crippen LogP contribution is -2.00. The van der Waals surface area contributed by atoms with Gasteiger partial charge in [-0.2, -0.15) is 0 Å². The van der Waals surface area contributed by atoms with Crippen molar-refractivity contribution in [1.82, 2.24) is 0 Å². The summed E-state index contributed by atoms with van der Waals surface area (Å²) in [6, 6.07) is 3.76. The molecule has 0 saturated heterocycles. The van der Waals surface area contributed by atoms with Crippen molar-refractivity contribution in [3.63, 3.8) is 0 Å². The average Bonchev–Trinajstić information content (AvgIpc) is 2.37. The summed E-state index contributed by atoms with van der Waals surface area (Å²) in [4.78, 5) is 0. The minimum atomic E-state index is 0.256. The summed E-state index contributed by atoms with van der Waals surface area (Å²) in [5.41, 5.74) is 1.08. The molecule has 0 aromatic heterocycles. The van der Waals surface area contributed by atoms with Gasteiger partial charge in [-0.25, -0.2) is 0 Å². The predicted octanol–water partition coefficient (Wildman–Crippen LogP) is 2.67. The maximum Gasteiger partial charge on any atom is 0.164 e. The van der Waals surface area contributed by atoms with Gasteiger partial charge in [0.1, 0.15) is 12.4 Å². The van der Waals surface area contributed by atoms with Crippen LogP contribution < -0.4 is 14.2 Å². The summed E-state index contributed by atoms with van der Waals surface area (Å²) >= 11 is 0. The van der Waals surface area contributed by atoms with Gasteiger partial charge < -0.3 is 14.2 Å². The number of rotatable bonds is 6. The van der Waals surface area contributed by atoms with Crippen molar-refractivity contribution >= 4 is 0 Å². The van der Waals surface area contributed by atoms with Crippen molar-refractivity contribution in [2.45, 2.75) is 19.8 Å². The zero-order valence-electron chi connectivity index (χ0n) is 10.6. The van der Waals surface area contributed by atoms with Gasteiger partial charge in [-0.15, -0.1) is 6.42 Å². The van der Waals surface area contributed by atoms with Crippen molar-refractivity contribution in [1.29, 1.82) is 0 Å². The number of aryl methyl sites for hydroxylation is 1. The van der Waals surface area contributed by atoms with Gasteiger partial charge in [0.05, 0.1) is 14.2 Å². The van der Waals surface area contributed by atoms with E-state index in [0.717, 1.165) is 24.2 Å². The summed E-state index contributed by atoms with van der Waals surface area (Å²) in [5, 5.41) is 0. The van der Waals surface area contributed by atoms with Crippen molar-refractivity contribution < 1.29 is 14.2 Å². The van der Waals surface area contributed by atoms with E-state index in [4.69, 9.17) is 20.6 Å². The smallest absolute Gasteiger partial charge is 0.164 e. The quantitative estimate of drug-likeness (QED) is 0.708. The molecule has 0 saturated carbocycles. The van der Waals surface area contributed by atoms with Crippen LogP contribution in [-0.4, -0.2) is 20.8 Å². The van der Waals surface area contributed by atoms with Crippen LogP contribution in [0.5, 0.6) is 17.2 Å². The van der Waals surface area contributed by atoms with Crippen LogP contribution in [-0.2, 0) is 6.42 Å². The molecule has 0 bridgehead atoms. The maximum absolute atomic E-state index is 5.51. The van der Waals surface area contributed by atoms with Gasteiger partial charge in [-0.05, 0) is 18.1 Å². The van der Waals surface area contributed by atoms with E-state index in [-0.39, 0.29) is 6.61 Å². The Morgan fingerprint density at radius 3 is 2.29 bits per heavy atom. The molecule has 0 atom stereocenters. The highest BCUT2D eigenvalue weighted by Crippen LogP contribution is 2.35. The Morgan fingerprint density at radius 1 is 1.12 bits per heavy atom. The number of benzene rings is 1. The summed E-state index contributed by atoms with van der Waals surface area (Å²) in [7, 11) is 3.22.